The zero-order valence-electron chi connectivity index (χ0n) is 6.06. The van der Waals surface area contributed by atoms with Gasteiger partial charge in [0.2, 0.25) is 6.20 Å². The molecule has 58 valence electrons. The summed E-state index contributed by atoms with van der Waals surface area (Å²) >= 11 is 0. The highest BCUT2D eigenvalue weighted by Crippen LogP contribution is 2.72. The normalized spacial score (nSPS) is 53.6. The summed E-state index contributed by atoms with van der Waals surface area (Å²) in [6.07, 6.45) is 3.76. The Morgan fingerprint density at radius 1 is 1.45 bits per heavy atom. The fourth-order valence-electron chi connectivity index (χ4n) is 3.19. The average molecular weight is 151 g/mol. The van der Waals surface area contributed by atoms with Crippen LogP contribution in [0.1, 0.15) is 12.8 Å². The molecule has 4 rings (SSSR count). The van der Waals surface area contributed by atoms with E-state index in [1.807, 2.05) is 0 Å². The molecule has 4 aliphatic rings. The molecular formula is C8H9NO2. The predicted molar refractivity (Wildman–Crippen MR) is 38.3 cm³/mol. The molecule has 3 heteroatoms. The monoisotopic (exact) mass is 151 g/mol. The van der Waals surface area contributed by atoms with Crippen molar-refractivity contribution in [2.75, 3.05) is 0 Å². The van der Waals surface area contributed by atoms with E-state index in [0.717, 1.165) is 17.4 Å². The van der Waals surface area contributed by atoms with Crippen LogP contribution >= 0.6 is 0 Å². The molecule has 0 aromatic heterocycles. The molecule has 4 saturated carbocycles. The summed E-state index contributed by atoms with van der Waals surface area (Å²) in [5.41, 5.74) is 1.16. The molecule has 0 heterocycles. The first-order chi connectivity index (χ1) is 5.27. The number of hydrogen-bond acceptors (Lipinski definition) is 2. The van der Waals surface area contributed by atoms with Crippen LogP contribution in [0.25, 0.3) is 0 Å². The Morgan fingerprint density at radius 3 is 2.45 bits per heavy atom. The quantitative estimate of drug-likeness (QED) is 0.420. The minimum atomic E-state index is -0.286. The zero-order valence-corrected chi connectivity index (χ0v) is 6.06. The predicted octanol–water partition coefficient (Wildman–Crippen LogP) is 1.43. The first kappa shape index (κ1) is 5.75. The van der Waals surface area contributed by atoms with Gasteiger partial charge in [-0.15, -0.1) is 0 Å². The molecule has 3 nitrogen and oxygen atoms in total. The van der Waals surface area contributed by atoms with Gasteiger partial charge in [0, 0.05) is 5.57 Å². The highest BCUT2D eigenvalue weighted by atomic mass is 16.6. The van der Waals surface area contributed by atoms with Crippen molar-refractivity contribution >= 4 is 0 Å². The molecule has 4 bridgehead atoms. The smallest absolute Gasteiger partial charge is 0.234 e. The van der Waals surface area contributed by atoms with E-state index in [2.05, 4.69) is 0 Å². The van der Waals surface area contributed by atoms with Crippen molar-refractivity contribution in [3.63, 3.8) is 0 Å². The van der Waals surface area contributed by atoms with Crippen LogP contribution in [0.4, 0.5) is 0 Å². The van der Waals surface area contributed by atoms with Gasteiger partial charge in [-0.05, 0) is 36.5 Å². The summed E-state index contributed by atoms with van der Waals surface area (Å²) in [4.78, 5) is 9.93. The second-order valence-corrected chi connectivity index (χ2v) is 3.94. The van der Waals surface area contributed by atoms with Gasteiger partial charge in [-0.1, -0.05) is 0 Å². The molecule has 2 atom stereocenters. The van der Waals surface area contributed by atoms with Crippen LogP contribution < -0.4 is 0 Å². The molecule has 0 aromatic carbocycles. The van der Waals surface area contributed by atoms with Crippen LogP contribution in [0.5, 0.6) is 0 Å². The van der Waals surface area contributed by atoms with Gasteiger partial charge >= 0.3 is 0 Å². The Kier molecular flexibility index (Phi) is 0.780. The van der Waals surface area contributed by atoms with Crippen molar-refractivity contribution in [1.29, 1.82) is 0 Å². The highest BCUT2D eigenvalue weighted by molar-refractivity contribution is 5.33. The molecule has 0 radical (unpaired) electrons. The molecule has 4 aliphatic carbocycles. The number of nitro groups is 1. The number of rotatable bonds is 1. The molecule has 0 amide bonds. The van der Waals surface area contributed by atoms with Crippen molar-refractivity contribution in [2.24, 2.45) is 23.7 Å². The Hall–Kier alpha value is -0.860. The zero-order chi connectivity index (χ0) is 7.59. The van der Waals surface area contributed by atoms with E-state index in [-0.39, 0.29) is 4.92 Å². The first-order valence-electron chi connectivity index (χ1n) is 4.12. The van der Waals surface area contributed by atoms with Gasteiger partial charge in [0.25, 0.3) is 0 Å². The van der Waals surface area contributed by atoms with Crippen molar-refractivity contribution in [3.05, 3.63) is 21.9 Å². The summed E-state index contributed by atoms with van der Waals surface area (Å²) in [7, 11) is 0. The number of allylic oxidation sites excluding steroid dienone is 1. The maximum absolute atomic E-state index is 10.2. The summed E-state index contributed by atoms with van der Waals surface area (Å²) in [5.74, 6) is 2.95. The van der Waals surface area contributed by atoms with Crippen LogP contribution in [0.15, 0.2) is 11.8 Å². The first-order valence-corrected chi connectivity index (χ1v) is 4.12. The van der Waals surface area contributed by atoms with E-state index >= 15 is 0 Å². The van der Waals surface area contributed by atoms with E-state index in [4.69, 9.17) is 0 Å². The van der Waals surface area contributed by atoms with Crippen molar-refractivity contribution < 1.29 is 4.92 Å². The third kappa shape index (κ3) is 0.549. The molecule has 0 saturated heterocycles. The van der Waals surface area contributed by atoms with Gasteiger partial charge in [0.1, 0.15) is 0 Å². The fourth-order valence-corrected chi connectivity index (χ4v) is 3.19. The topological polar surface area (TPSA) is 43.1 Å². The Labute approximate surface area is 64.2 Å². The van der Waals surface area contributed by atoms with Gasteiger partial charge in [0.15, 0.2) is 0 Å². The van der Waals surface area contributed by atoms with Crippen LogP contribution in [0.3, 0.4) is 0 Å². The largest absolute Gasteiger partial charge is 0.259 e. The Morgan fingerprint density at radius 2 is 2.09 bits per heavy atom. The maximum Gasteiger partial charge on any atom is 0.234 e. The Bertz CT molecular complexity index is 255. The van der Waals surface area contributed by atoms with E-state index in [0.29, 0.717) is 11.8 Å². The van der Waals surface area contributed by atoms with E-state index in [9.17, 15) is 10.1 Å². The lowest BCUT2D eigenvalue weighted by Crippen LogP contribution is -1.94. The second kappa shape index (κ2) is 1.49. The molecule has 0 aromatic rings. The summed E-state index contributed by atoms with van der Waals surface area (Å²) in [6, 6.07) is 0. The second-order valence-electron chi connectivity index (χ2n) is 3.94. The van der Waals surface area contributed by atoms with E-state index < -0.39 is 0 Å². The minimum Gasteiger partial charge on any atom is -0.259 e. The lowest BCUT2D eigenvalue weighted by molar-refractivity contribution is -0.403. The molecule has 2 unspecified atom stereocenters. The number of hydrogen-bond donors (Lipinski definition) is 0. The van der Waals surface area contributed by atoms with Gasteiger partial charge < -0.3 is 0 Å². The van der Waals surface area contributed by atoms with Crippen molar-refractivity contribution in [2.45, 2.75) is 12.8 Å². The van der Waals surface area contributed by atoms with E-state index in [1.54, 1.807) is 0 Å². The summed E-state index contributed by atoms with van der Waals surface area (Å²) in [5, 5.41) is 10.2. The van der Waals surface area contributed by atoms with Crippen LogP contribution in [-0.4, -0.2) is 4.92 Å². The van der Waals surface area contributed by atoms with Crippen LogP contribution in [0.2, 0.25) is 0 Å². The highest BCUT2D eigenvalue weighted by Gasteiger charge is 2.66. The third-order valence-electron chi connectivity index (χ3n) is 3.56. The van der Waals surface area contributed by atoms with Gasteiger partial charge in [-0.2, -0.15) is 0 Å². The fraction of sp³-hybridized carbons (Fsp3) is 0.750. The summed E-state index contributed by atoms with van der Waals surface area (Å²) < 4.78 is 0. The molecular weight excluding hydrogens is 142 g/mol. The van der Waals surface area contributed by atoms with E-state index in [1.165, 1.54) is 19.0 Å². The molecule has 0 spiro atoms. The van der Waals surface area contributed by atoms with Gasteiger partial charge in [-0.3, -0.25) is 10.1 Å². The Balaban J connectivity index is 1.97. The van der Waals surface area contributed by atoms with Crippen molar-refractivity contribution in [1.82, 2.24) is 0 Å². The van der Waals surface area contributed by atoms with Crippen LogP contribution in [-0.2, 0) is 0 Å². The van der Waals surface area contributed by atoms with Gasteiger partial charge in [0.05, 0.1) is 4.92 Å². The molecule has 11 heavy (non-hydrogen) atoms. The standard InChI is InChI=1S/C8H9NO2/c10-9(11)3-7-4-1-5-6(2-4)8(5)7/h3-6,8H,1-2H2. The van der Waals surface area contributed by atoms with Gasteiger partial charge in [-0.25, -0.2) is 0 Å². The third-order valence-corrected chi connectivity index (χ3v) is 3.56. The molecule has 0 aliphatic heterocycles. The number of nitrogens with zero attached hydrogens (tertiary/aromatic N) is 1. The summed E-state index contributed by atoms with van der Waals surface area (Å²) in [6.45, 7) is 0. The average Bonchev–Trinajstić information content (AvgIpc) is 2.30. The lowest BCUT2D eigenvalue weighted by Gasteiger charge is -1.97. The molecule has 0 N–H and O–H groups in total. The maximum atomic E-state index is 10.2. The SMILES string of the molecule is O=[N+]([O-])C=C1C2CC3C(C2)C13. The minimum absolute atomic E-state index is 0.286. The van der Waals surface area contributed by atoms with Crippen LogP contribution in [0, 0.1) is 33.8 Å². The lowest BCUT2D eigenvalue weighted by atomic mass is 10.1. The van der Waals surface area contributed by atoms with Crippen molar-refractivity contribution in [3.8, 4) is 0 Å². The molecule has 4 fully saturated rings.